The van der Waals surface area contributed by atoms with Gasteiger partial charge in [0.1, 0.15) is 0 Å². The van der Waals surface area contributed by atoms with Gasteiger partial charge in [0.25, 0.3) is 0 Å². The van der Waals surface area contributed by atoms with Gasteiger partial charge in [-0.3, -0.25) is 9.59 Å². The Balaban J connectivity index is 2.63. The molecular formula is C12H16N2O2. The van der Waals surface area contributed by atoms with Crippen LogP contribution in [0.25, 0.3) is 0 Å². The van der Waals surface area contributed by atoms with Gasteiger partial charge in [0.2, 0.25) is 11.8 Å². The monoisotopic (exact) mass is 220 g/mol. The molecule has 4 heteroatoms. The quantitative estimate of drug-likeness (QED) is 0.795. The molecule has 0 atom stereocenters. The molecule has 0 bridgehead atoms. The minimum Gasteiger partial charge on any atom is -0.366 e. The minimum absolute atomic E-state index is 0.0385. The van der Waals surface area contributed by atoms with Crippen LogP contribution in [-0.4, -0.2) is 11.8 Å². The van der Waals surface area contributed by atoms with Crippen molar-refractivity contribution in [1.82, 2.24) is 0 Å². The van der Waals surface area contributed by atoms with E-state index in [2.05, 4.69) is 5.32 Å². The van der Waals surface area contributed by atoms with Crippen LogP contribution in [0, 0.1) is 0 Å². The van der Waals surface area contributed by atoms with E-state index in [4.69, 9.17) is 5.73 Å². The van der Waals surface area contributed by atoms with Gasteiger partial charge in [-0.1, -0.05) is 19.4 Å². The Kier molecular flexibility index (Phi) is 4.51. The van der Waals surface area contributed by atoms with Crippen molar-refractivity contribution in [2.45, 2.75) is 26.2 Å². The molecule has 16 heavy (non-hydrogen) atoms. The third kappa shape index (κ3) is 3.73. The summed E-state index contributed by atoms with van der Waals surface area (Å²) in [6, 6.07) is 6.61. The van der Waals surface area contributed by atoms with E-state index < -0.39 is 5.91 Å². The summed E-state index contributed by atoms with van der Waals surface area (Å²) < 4.78 is 0. The highest BCUT2D eigenvalue weighted by atomic mass is 16.2. The second kappa shape index (κ2) is 5.90. The van der Waals surface area contributed by atoms with Crippen molar-refractivity contribution in [3.05, 3.63) is 29.8 Å². The minimum atomic E-state index is -0.496. The number of benzene rings is 1. The molecule has 1 aromatic rings. The number of nitrogens with two attached hydrogens (primary N) is 1. The van der Waals surface area contributed by atoms with Gasteiger partial charge in [0.15, 0.2) is 0 Å². The number of carbonyl (C=O) groups is 2. The molecule has 0 heterocycles. The SMILES string of the molecule is CCCCC(=O)Nc1cccc(C(N)=O)c1. The summed E-state index contributed by atoms with van der Waals surface area (Å²) in [4.78, 5) is 22.3. The van der Waals surface area contributed by atoms with E-state index in [-0.39, 0.29) is 5.91 Å². The number of carbonyl (C=O) groups excluding carboxylic acids is 2. The number of rotatable bonds is 5. The van der Waals surface area contributed by atoms with Gasteiger partial charge in [-0.2, -0.15) is 0 Å². The molecule has 0 unspecified atom stereocenters. The number of nitrogens with one attached hydrogen (secondary N) is 1. The molecule has 0 aromatic heterocycles. The normalized spacial score (nSPS) is 9.81. The largest absolute Gasteiger partial charge is 0.366 e. The number of amides is 2. The molecule has 0 fully saturated rings. The van der Waals surface area contributed by atoms with E-state index in [1.54, 1.807) is 24.3 Å². The van der Waals surface area contributed by atoms with E-state index in [0.717, 1.165) is 12.8 Å². The Morgan fingerprint density at radius 2 is 2.12 bits per heavy atom. The van der Waals surface area contributed by atoms with Crippen LogP contribution in [-0.2, 0) is 4.79 Å². The van der Waals surface area contributed by atoms with Crippen LogP contribution in [0.2, 0.25) is 0 Å². The molecule has 86 valence electrons. The number of hydrogen-bond acceptors (Lipinski definition) is 2. The lowest BCUT2D eigenvalue weighted by Gasteiger charge is -2.05. The van der Waals surface area contributed by atoms with Crippen molar-refractivity contribution >= 4 is 17.5 Å². The predicted octanol–water partition coefficient (Wildman–Crippen LogP) is 1.91. The molecule has 0 aliphatic rings. The van der Waals surface area contributed by atoms with Gasteiger partial charge < -0.3 is 11.1 Å². The second-order valence-electron chi connectivity index (χ2n) is 3.60. The standard InChI is InChI=1S/C12H16N2O2/c1-2-3-7-11(15)14-10-6-4-5-9(8-10)12(13)16/h4-6,8H,2-3,7H2,1H3,(H2,13,16)(H,14,15). The van der Waals surface area contributed by atoms with Gasteiger partial charge in [-0.15, -0.1) is 0 Å². The van der Waals surface area contributed by atoms with Crippen LogP contribution in [0.4, 0.5) is 5.69 Å². The molecule has 0 saturated carbocycles. The molecule has 2 amide bonds. The summed E-state index contributed by atoms with van der Waals surface area (Å²) >= 11 is 0. The summed E-state index contributed by atoms with van der Waals surface area (Å²) in [7, 11) is 0. The van der Waals surface area contributed by atoms with Crippen molar-refractivity contribution in [2.75, 3.05) is 5.32 Å². The zero-order chi connectivity index (χ0) is 12.0. The predicted molar refractivity (Wildman–Crippen MR) is 63.1 cm³/mol. The first-order valence-electron chi connectivity index (χ1n) is 5.33. The van der Waals surface area contributed by atoms with Crippen molar-refractivity contribution in [3.63, 3.8) is 0 Å². The van der Waals surface area contributed by atoms with Crippen molar-refractivity contribution in [1.29, 1.82) is 0 Å². The third-order valence-electron chi connectivity index (χ3n) is 2.19. The van der Waals surface area contributed by atoms with Crippen molar-refractivity contribution in [2.24, 2.45) is 5.73 Å². The number of unbranched alkanes of at least 4 members (excludes halogenated alkanes) is 1. The first-order chi connectivity index (χ1) is 7.63. The second-order valence-corrected chi connectivity index (χ2v) is 3.60. The lowest BCUT2D eigenvalue weighted by molar-refractivity contribution is -0.116. The molecule has 1 aromatic carbocycles. The maximum absolute atomic E-state index is 11.4. The van der Waals surface area contributed by atoms with Crippen LogP contribution in [0.3, 0.4) is 0 Å². The van der Waals surface area contributed by atoms with Gasteiger partial charge in [0.05, 0.1) is 0 Å². The summed E-state index contributed by atoms with van der Waals surface area (Å²) in [6.45, 7) is 2.03. The summed E-state index contributed by atoms with van der Waals surface area (Å²) in [6.07, 6.45) is 2.34. The lowest BCUT2D eigenvalue weighted by Crippen LogP contribution is -2.14. The molecule has 4 nitrogen and oxygen atoms in total. The smallest absolute Gasteiger partial charge is 0.248 e. The van der Waals surface area contributed by atoms with Crippen LogP contribution in [0.5, 0.6) is 0 Å². The number of anilines is 1. The molecule has 0 radical (unpaired) electrons. The van der Waals surface area contributed by atoms with Crippen LogP contribution >= 0.6 is 0 Å². The molecule has 3 N–H and O–H groups in total. The van der Waals surface area contributed by atoms with E-state index in [1.165, 1.54) is 0 Å². The average Bonchev–Trinajstić information content (AvgIpc) is 2.26. The van der Waals surface area contributed by atoms with Gasteiger partial charge in [0, 0.05) is 17.7 Å². The van der Waals surface area contributed by atoms with Gasteiger partial charge in [-0.05, 0) is 24.6 Å². The lowest BCUT2D eigenvalue weighted by atomic mass is 10.2. The Morgan fingerprint density at radius 1 is 1.38 bits per heavy atom. The van der Waals surface area contributed by atoms with Crippen LogP contribution in [0.1, 0.15) is 36.5 Å². The Hall–Kier alpha value is -1.84. The zero-order valence-corrected chi connectivity index (χ0v) is 9.32. The third-order valence-corrected chi connectivity index (χ3v) is 2.19. The molecule has 0 saturated heterocycles. The molecule has 0 aliphatic carbocycles. The molecule has 0 spiro atoms. The Labute approximate surface area is 94.8 Å². The van der Waals surface area contributed by atoms with E-state index in [9.17, 15) is 9.59 Å². The fourth-order valence-corrected chi connectivity index (χ4v) is 1.31. The molecule has 0 aliphatic heterocycles. The maximum Gasteiger partial charge on any atom is 0.248 e. The highest BCUT2D eigenvalue weighted by molar-refractivity contribution is 5.96. The van der Waals surface area contributed by atoms with E-state index in [0.29, 0.717) is 17.7 Å². The first-order valence-corrected chi connectivity index (χ1v) is 5.33. The van der Waals surface area contributed by atoms with Crippen LogP contribution in [0.15, 0.2) is 24.3 Å². The molecule has 1 rings (SSSR count). The molecular weight excluding hydrogens is 204 g/mol. The van der Waals surface area contributed by atoms with Crippen molar-refractivity contribution < 1.29 is 9.59 Å². The number of primary amides is 1. The summed E-state index contributed by atoms with van der Waals surface area (Å²) in [5, 5.41) is 2.73. The summed E-state index contributed by atoms with van der Waals surface area (Å²) in [5.74, 6) is -0.534. The highest BCUT2D eigenvalue weighted by Gasteiger charge is 2.04. The van der Waals surface area contributed by atoms with Gasteiger partial charge >= 0.3 is 0 Å². The Morgan fingerprint density at radius 3 is 2.75 bits per heavy atom. The summed E-state index contributed by atoms with van der Waals surface area (Å²) in [5.41, 5.74) is 6.15. The van der Waals surface area contributed by atoms with Gasteiger partial charge in [-0.25, -0.2) is 0 Å². The average molecular weight is 220 g/mol. The van der Waals surface area contributed by atoms with Crippen molar-refractivity contribution in [3.8, 4) is 0 Å². The number of hydrogen-bond donors (Lipinski definition) is 2. The maximum atomic E-state index is 11.4. The Bertz CT molecular complexity index is 388. The first kappa shape index (κ1) is 12.2. The zero-order valence-electron chi connectivity index (χ0n) is 9.32. The van der Waals surface area contributed by atoms with E-state index >= 15 is 0 Å². The van der Waals surface area contributed by atoms with E-state index in [1.807, 2.05) is 6.92 Å². The fraction of sp³-hybridized carbons (Fsp3) is 0.333. The topological polar surface area (TPSA) is 72.2 Å². The fourth-order valence-electron chi connectivity index (χ4n) is 1.31. The highest BCUT2D eigenvalue weighted by Crippen LogP contribution is 2.11. The van der Waals surface area contributed by atoms with Crippen LogP contribution < -0.4 is 11.1 Å².